The number of nitrogens with zero attached hydrogens (tertiary/aromatic N) is 2. The highest BCUT2D eigenvalue weighted by Gasteiger charge is 2.64. The summed E-state index contributed by atoms with van der Waals surface area (Å²) in [6.45, 7) is -0.671. The van der Waals surface area contributed by atoms with E-state index in [9.17, 15) is 23.1 Å². The van der Waals surface area contributed by atoms with Crippen LogP contribution in [0.4, 0.5) is 13.2 Å². The Morgan fingerprint density at radius 1 is 1.50 bits per heavy atom. The second kappa shape index (κ2) is 5.80. The summed E-state index contributed by atoms with van der Waals surface area (Å²) in [6.07, 6.45) is -2.82. The first-order valence-electron chi connectivity index (χ1n) is 5.53. The number of carbonyl (C=O) groups is 1. The lowest BCUT2D eigenvalue weighted by atomic mass is 9.86. The van der Waals surface area contributed by atoms with E-state index < -0.39 is 36.1 Å². The molecule has 0 radical (unpaired) electrons. The molecule has 1 rings (SSSR count). The zero-order valence-corrected chi connectivity index (χ0v) is 11.1. The highest BCUT2D eigenvalue weighted by Crippen LogP contribution is 2.44. The molecule has 20 heavy (non-hydrogen) atoms. The zero-order valence-electron chi connectivity index (χ0n) is 11.1. The van der Waals surface area contributed by atoms with Crippen molar-refractivity contribution in [2.24, 2.45) is 13.0 Å². The molecule has 0 aliphatic heterocycles. The van der Waals surface area contributed by atoms with Crippen molar-refractivity contribution in [1.29, 1.82) is 0 Å². The Hall–Kier alpha value is -1.61. The van der Waals surface area contributed by atoms with E-state index in [1.807, 2.05) is 0 Å². The van der Waals surface area contributed by atoms with Crippen LogP contribution in [0.1, 0.15) is 5.82 Å². The van der Waals surface area contributed by atoms with Gasteiger partial charge in [0, 0.05) is 26.6 Å². The number of carbonyl (C=O) groups excluding carboxylic acids is 1. The predicted molar refractivity (Wildman–Crippen MR) is 60.5 cm³/mol. The summed E-state index contributed by atoms with van der Waals surface area (Å²) < 4.78 is 50.0. The van der Waals surface area contributed by atoms with Crippen molar-refractivity contribution in [3.05, 3.63) is 18.2 Å². The number of aromatic nitrogens is 2. The van der Waals surface area contributed by atoms with Crippen LogP contribution >= 0.6 is 0 Å². The van der Waals surface area contributed by atoms with E-state index in [2.05, 4.69) is 14.5 Å². The van der Waals surface area contributed by atoms with Gasteiger partial charge in [-0.15, -0.1) is 0 Å². The SMILES string of the molecule is COC[C@H](C(=O)OC)[C@@](O)(c1nccn1C)C(F)(F)F. The molecule has 0 fully saturated rings. The zero-order chi connectivity index (χ0) is 15.6. The lowest BCUT2D eigenvalue weighted by Gasteiger charge is -2.34. The fourth-order valence-corrected chi connectivity index (χ4v) is 1.88. The van der Waals surface area contributed by atoms with Gasteiger partial charge in [-0.05, 0) is 0 Å². The maximum Gasteiger partial charge on any atom is 0.425 e. The molecule has 6 nitrogen and oxygen atoms in total. The third-order valence-corrected chi connectivity index (χ3v) is 2.92. The molecule has 0 amide bonds. The molecule has 0 saturated carbocycles. The van der Waals surface area contributed by atoms with E-state index in [0.717, 1.165) is 25.0 Å². The monoisotopic (exact) mass is 296 g/mol. The molecular formula is C11H15F3N2O4. The topological polar surface area (TPSA) is 73.6 Å². The maximum atomic E-state index is 13.4. The van der Waals surface area contributed by atoms with Gasteiger partial charge < -0.3 is 19.1 Å². The minimum absolute atomic E-state index is 0.671. The number of methoxy groups -OCH3 is 2. The van der Waals surface area contributed by atoms with Crippen LogP contribution in [0, 0.1) is 5.92 Å². The molecule has 1 N–H and O–H groups in total. The highest BCUT2D eigenvalue weighted by molar-refractivity contribution is 5.74. The van der Waals surface area contributed by atoms with E-state index in [4.69, 9.17) is 0 Å². The van der Waals surface area contributed by atoms with E-state index in [1.54, 1.807) is 0 Å². The Bertz CT molecular complexity index is 474. The average Bonchev–Trinajstić information content (AvgIpc) is 2.79. The fraction of sp³-hybridized carbons (Fsp3) is 0.636. The van der Waals surface area contributed by atoms with Crippen LogP contribution in [0.2, 0.25) is 0 Å². The minimum atomic E-state index is -5.14. The molecule has 1 heterocycles. The van der Waals surface area contributed by atoms with Gasteiger partial charge in [-0.1, -0.05) is 0 Å². The largest absolute Gasteiger partial charge is 0.469 e. The van der Waals surface area contributed by atoms with Crippen LogP contribution in [0.5, 0.6) is 0 Å². The molecule has 9 heteroatoms. The third-order valence-electron chi connectivity index (χ3n) is 2.92. The van der Waals surface area contributed by atoms with Gasteiger partial charge in [0.25, 0.3) is 0 Å². The lowest BCUT2D eigenvalue weighted by molar-refractivity contribution is -0.293. The number of rotatable bonds is 5. The lowest BCUT2D eigenvalue weighted by Crippen LogP contribution is -2.54. The van der Waals surface area contributed by atoms with Gasteiger partial charge in [0.1, 0.15) is 5.92 Å². The quantitative estimate of drug-likeness (QED) is 0.806. The number of imidazole rings is 1. The number of esters is 1. The number of alkyl halides is 3. The van der Waals surface area contributed by atoms with Crippen molar-refractivity contribution in [3.8, 4) is 0 Å². The molecule has 0 saturated heterocycles. The van der Waals surface area contributed by atoms with Gasteiger partial charge in [-0.3, -0.25) is 4.79 Å². The molecule has 0 aliphatic rings. The van der Waals surface area contributed by atoms with Gasteiger partial charge in [0.05, 0.1) is 13.7 Å². The van der Waals surface area contributed by atoms with Crippen LogP contribution in [-0.4, -0.2) is 47.6 Å². The van der Waals surface area contributed by atoms with Crippen LogP contribution in [0.25, 0.3) is 0 Å². The second-order valence-corrected chi connectivity index (χ2v) is 4.16. The minimum Gasteiger partial charge on any atom is -0.469 e. The van der Waals surface area contributed by atoms with Gasteiger partial charge in [0.15, 0.2) is 5.82 Å². The summed E-state index contributed by atoms with van der Waals surface area (Å²) in [6, 6.07) is 0. The number of aliphatic hydroxyl groups is 1. The summed E-state index contributed by atoms with van der Waals surface area (Å²) in [7, 11) is 3.32. The van der Waals surface area contributed by atoms with Crippen molar-refractivity contribution < 1.29 is 32.5 Å². The van der Waals surface area contributed by atoms with E-state index in [0.29, 0.717) is 0 Å². The summed E-state index contributed by atoms with van der Waals surface area (Å²) in [4.78, 5) is 15.1. The molecule has 0 aromatic carbocycles. The van der Waals surface area contributed by atoms with Crippen molar-refractivity contribution >= 4 is 5.97 Å². The first-order chi connectivity index (χ1) is 9.20. The fourth-order valence-electron chi connectivity index (χ4n) is 1.88. The second-order valence-electron chi connectivity index (χ2n) is 4.16. The summed E-state index contributed by atoms with van der Waals surface area (Å²) in [5.41, 5.74) is -3.51. The first-order valence-corrected chi connectivity index (χ1v) is 5.53. The number of hydrogen-bond donors (Lipinski definition) is 1. The molecule has 2 atom stereocenters. The van der Waals surface area contributed by atoms with Gasteiger partial charge in [0.2, 0.25) is 5.60 Å². The van der Waals surface area contributed by atoms with Crippen molar-refractivity contribution in [2.45, 2.75) is 11.8 Å². The molecule has 114 valence electrons. The van der Waals surface area contributed by atoms with E-state index in [-0.39, 0.29) is 0 Å². The average molecular weight is 296 g/mol. The highest BCUT2D eigenvalue weighted by atomic mass is 19.4. The number of hydrogen-bond acceptors (Lipinski definition) is 5. The number of aryl methyl sites for hydroxylation is 1. The molecule has 0 spiro atoms. The summed E-state index contributed by atoms with van der Waals surface area (Å²) in [5, 5.41) is 10.2. The number of halogens is 3. The summed E-state index contributed by atoms with van der Waals surface area (Å²) in [5.74, 6) is -3.94. The first kappa shape index (κ1) is 16.4. The molecule has 0 aliphatic carbocycles. The Morgan fingerprint density at radius 3 is 2.45 bits per heavy atom. The smallest absolute Gasteiger partial charge is 0.425 e. The van der Waals surface area contributed by atoms with Crippen molar-refractivity contribution in [2.75, 3.05) is 20.8 Å². The third kappa shape index (κ3) is 2.63. The predicted octanol–water partition coefficient (Wildman–Crippen LogP) is 0.606. The van der Waals surface area contributed by atoms with E-state index in [1.165, 1.54) is 13.2 Å². The van der Waals surface area contributed by atoms with E-state index >= 15 is 0 Å². The Balaban J connectivity index is 3.44. The van der Waals surface area contributed by atoms with Crippen molar-refractivity contribution in [3.63, 3.8) is 0 Å². The molecule has 1 aromatic rings. The number of ether oxygens (including phenoxy) is 2. The standard InChI is InChI=1S/C11H15F3N2O4/c1-16-5-4-15-9(16)10(18,11(12,13)14)7(6-19-2)8(17)20-3/h4-5,7,18H,6H2,1-3H3/t7-,10-/m1/s1. The molecule has 1 aromatic heterocycles. The van der Waals surface area contributed by atoms with Gasteiger partial charge in [-0.25, -0.2) is 4.98 Å². The Labute approximate surface area is 113 Å². The Kier molecular flexibility index (Phi) is 4.77. The van der Waals surface area contributed by atoms with Crippen LogP contribution in [0.3, 0.4) is 0 Å². The van der Waals surface area contributed by atoms with Gasteiger partial charge in [-0.2, -0.15) is 13.2 Å². The van der Waals surface area contributed by atoms with Crippen LogP contribution < -0.4 is 0 Å². The Morgan fingerprint density at radius 2 is 2.10 bits per heavy atom. The van der Waals surface area contributed by atoms with Crippen LogP contribution in [-0.2, 0) is 26.9 Å². The van der Waals surface area contributed by atoms with Gasteiger partial charge >= 0.3 is 12.1 Å². The molecule has 0 unspecified atom stereocenters. The summed E-state index contributed by atoms with van der Waals surface area (Å²) >= 11 is 0. The molecular weight excluding hydrogens is 281 g/mol. The normalized spacial score (nSPS) is 16.6. The maximum absolute atomic E-state index is 13.4. The van der Waals surface area contributed by atoms with Crippen molar-refractivity contribution in [1.82, 2.24) is 9.55 Å². The molecule has 0 bridgehead atoms. The van der Waals surface area contributed by atoms with Crippen LogP contribution in [0.15, 0.2) is 12.4 Å².